The lowest BCUT2D eigenvalue weighted by Gasteiger charge is -2.15. The fraction of sp³-hybridized carbons (Fsp3) is 0.625. The van der Waals surface area contributed by atoms with Gasteiger partial charge in [-0.15, -0.1) is 0 Å². The Hall–Kier alpha value is -0.910. The molecule has 0 heterocycles. The molecule has 0 bridgehead atoms. The van der Waals surface area contributed by atoms with Gasteiger partial charge in [-0.25, -0.2) is 13.1 Å². The van der Waals surface area contributed by atoms with E-state index in [4.69, 9.17) is 5.11 Å². The fourth-order valence-corrected chi connectivity index (χ4v) is 3.49. The number of sulfonamides is 1. The smallest absolute Gasteiger partial charge is 0.215 e. The lowest BCUT2D eigenvalue weighted by atomic mass is 10.00. The number of rotatable bonds is 10. The van der Waals surface area contributed by atoms with Crippen LogP contribution < -0.4 is 4.72 Å². The molecular formula is C16H27NO3S. The van der Waals surface area contributed by atoms with Gasteiger partial charge in [0.05, 0.1) is 12.4 Å². The summed E-state index contributed by atoms with van der Waals surface area (Å²) in [5.41, 5.74) is 1.44. The molecule has 1 aromatic rings. The van der Waals surface area contributed by atoms with Crippen LogP contribution in [0.2, 0.25) is 0 Å². The van der Waals surface area contributed by atoms with Crippen LogP contribution in [0, 0.1) is 5.92 Å². The molecule has 1 aromatic carbocycles. The largest absolute Gasteiger partial charge is 0.392 e. The van der Waals surface area contributed by atoms with Gasteiger partial charge in [0.15, 0.2) is 0 Å². The Morgan fingerprint density at radius 1 is 1.24 bits per heavy atom. The Morgan fingerprint density at radius 3 is 2.57 bits per heavy atom. The van der Waals surface area contributed by atoms with E-state index in [0.29, 0.717) is 18.0 Å². The molecule has 0 spiro atoms. The fourth-order valence-electron chi connectivity index (χ4n) is 2.28. The number of hydrogen-bond donors (Lipinski definition) is 2. The zero-order chi connectivity index (χ0) is 15.7. The highest BCUT2D eigenvalue weighted by Crippen LogP contribution is 2.13. The van der Waals surface area contributed by atoms with E-state index in [1.807, 2.05) is 0 Å². The van der Waals surface area contributed by atoms with Crippen LogP contribution in [0.1, 0.15) is 50.7 Å². The summed E-state index contributed by atoms with van der Waals surface area (Å²) >= 11 is 0. The highest BCUT2D eigenvalue weighted by Gasteiger charge is 2.14. The van der Waals surface area contributed by atoms with Gasteiger partial charge in [-0.05, 0) is 23.5 Å². The molecule has 0 aliphatic carbocycles. The first-order valence-electron chi connectivity index (χ1n) is 7.66. The second-order valence-corrected chi connectivity index (χ2v) is 7.31. The quantitative estimate of drug-likeness (QED) is 0.698. The molecule has 21 heavy (non-hydrogen) atoms. The van der Waals surface area contributed by atoms with Crippen molar-refractivity contribution in [1.29, 1.82) is 0 Å². The van der Waals surface area contributed by atoms with E-state index in [9.17, 15) is 8.42 Å². The maximum atomic E-state index is 12.1. The molecule has 5 heteroatoms. The van der Waals surface area contributed by atoms with Gasteiger partial charge < -0.3 is 5.11 Å². The Kier molecular flexibility index (Phi) is 7.93. The second kappa shape index (κ2) is 9.18. The van der Waals surface area contributed by atoms with E-state index in [1.165, 1.54) is 0 Å². The summed E-state index contributed by atoms with van der Waals surface area (Å²) in [7, 11) is -3.32. The Bertz CT molecular complexity index is 514. The Labute approximate surface area is 128 Å². The molecular weight excluding hydrogens is 286 g/mol. The van der Waals surface area contributed by atoms with Crippen LogP contribution in [0.5, 0.6) is 0 Å². The summed E-state index contributed by atoms with van der Waals surface area (Å²) in [6, 6.07) is 7.05. The summed E-state index contributed by atoms with van der Waals surface area (Å²) in [5, 5.41) is 9.09. The van der Waals surface area contributed by atoms with Gasteiger partial charge in [-0.1, -0.05) is 57.4 Å². The third-order valence-corrected chi connectivity index (χ3v) is 4.99. The summed E-state index contributed by atoms with van der Waals surface area (Å²) < 4.78 is 27.0. The van der Waals surface area contributed by atoms with Crippen molar-refractivity contribution in [1.82, 2.24) is 4.72 Å². The average Bonchev–Trinajstić information content (AvgIpc) is 2.47. The molecule has 1 atom stereocenters. The normalized spacial score (nSPS) is 13.3. The van der Waals surface area contributed by atoms with E-state index >= 15 is 0 Å². The van der Waals surface area contributed by atoms with Crippen molar-refractivity contribution in [2.24, 2.45) is 5.92 Å². The maximum absolute atomic E-state index is 12.1. The molecule has 0 aliphatic heterocycles. The highest BCUT2D eigenvalue weighted by atomic mass is 32.2. The minimum Gasteiger partial charge on any atom is -0.392 e. The third-order valence-electron chi connectivity index (χ3n) is 3.67. The minimum absolute atomic E-state index is 0.0367. The van der Waals surface area contributed by atoms with Crippen molar-refractivity contribution in [3.8, 4) is 0 Å². The van der Waals surface area contributed by atoms with Crippen molar-refractivity contribution < 1.29 is 13.5 Å². The maximum Gasteiger partial charge on any atom is 0.215 e. The summed E-state index contributed by atoms with van der Waals surface area (Å²) in [4.78, 5) is 0. The van der Waals surface area contributed by atoms with E-state index in [-0.39, 0.29) is 12.4 Å². The molecule has 0 aliphatic rings. The monoisotopic (exact) mass is 313 g/mol. The predicted octanol–water partition coefficient (Wildman–Crippen LogP) is 2.81. The number of nitrogens with one attached hydrogen (secondary N) is 1. The van der Waals surface area contributed by atoms with Crippen molar-refractivity contribution in [3.05, 3.63) is 35.4 Å². The molecule has 0 fully saturated rings. The van der Waals surface area contributed by atoms with Gasteiger partial charge in [-0.3, -0.25) is 0 Å². The van der Waals surface area contributed by atoms with Crippen LogP contribution in [0.15, 0.2) is 24.3 Å². The summed E-state index contributed by atoms with van der Waals surface area (Å²) in [6.45, 7) is 4.68. The number of hydrogen-bond acceptors (Lipinski definition) is 3. The molecule has 1 unspecified atom stereocenters. The van der Waals surface area contributed by atoms with Gasteiger partial charge in [0.25, 0.3) is 0 Å². The van der Waals surface area contributed by atoms with Crippen molar-refractivity contribution in [2.45, 2.75) is 51.9 Å². The van der Waals surface area contributed by atoms with E-state index < -0.39 is 10.0 Å². The molecule has 0 saturated heterocycles. The number of aliphatic hydroxyl groups excluding tert-OH is 1. The molecule has 0 saturated carbocycles. The molecule has 0 aromatic heterocycles. The number of aliphatic hydroxyl groups is 1. The Morgan fingerprint density at radius 2 is 1.95 bits per heavy atom. The van der Waals surface area contributed by atoms with Crippen LogP contribution >= 0.6 is 0 Å². The SMILES string of the molecule is CCCCC(CC)CNS(=O)(=O)Cc1cccc(CO)c1. The minimum atomic E-state index is -3.32. The number of unbranched alkanes of at least 4 members (excludes halogenated alkanes) is 1. The first kappa shape index (κ1) is 18.1. The van der Waals surface area contributed by atoms with Crippen molar-refractivity contribution in [2.75, 3.05) is 6.54 Å². The highest BCUT2D eigenvalue weighted by molar-refractivity contribution is 7.88. The van der Waals surface area contributed by atoms with Crippen LogP contribution in [-0.4, -0.2) is 20.1 Å². The predicted molar refractivity (Wildman–Crippen MR) is 86.3 cm³/mol. The van der Waals surface area contributed by atoms with E-state index in [0.717, 1.165) is 31.2 Å². The van der Waals surface area contributed by atoms with Gasteiger partial charge in [0.2, 0.25) is 10.0 Å². The van der Waals surface area contributed by atoms with Gasteiger partial charge >= 0.3 is 0 Å². The first-order valence-corrected chi connectivity index (χ1v) is 9.32. The average molecular weight is 313 g/mol. The van der Waals surface area contributed by atoms with Gasteiger partial charge in [0, 0.05) is 6.54 Å². The summed E-state index contributed by atoms with van der Waals surface area (Å²) in [6.07, 6.45) is 4.33. The summed E-state index contributed by atoms with van der Waals surface area (Å²) in [5.74, 6) is 0.369. The van der Waals surface area contributed by atoms with Crippen LogP contribution in [0.4, 0.5) is 0 Å². The molecule has 120 valence electrons. The van der Waals surface area contributed by atoms with E-state index in [2.05, 4.69) is 18.6 Å². The molecule has 0 amide bonds. The molecule has 4 nitrogen and oxygen atoms in total. The van der Waals surface area contributed by atoms with Crippen LogP contribution in [0.25, 0.3) is 0 Å². The molecule has 1 rings (SSSR count). The lowest BCUT2D eigenvalue weighted by Crippen LogP contribution is -2.30. The standard InChI is InChI=1S/C16H27NO3S/c1-3-5-7-14(4-2)11-17-21(19,20)13-16-9-6-8-15(10-16)12-18/h6,8-10,14,17-18H,3-5,7,11-13H2,1-2H3. The van der Waals surface area contributed by atoms with Crippen LogP contribution in [-0.2, 0) is 22.4 Å². The molecule has 0 radical (unpaired) electrons. The third kappa shape index (κ3) is 7.07. The first-order chi connectivity index (χ1) is 10.0. The van der Waals surface area contributed by atoms with E-state index in [1.54, 1.807) is 24.3 Å². The number of benzene rings is 1. The van der Waals surface area contributed by atoms with Crippen molar-refractivity contribution in [3.63, 3.8) is 0 Å². The lowest BCUT2D eigenvalue weighted by molar-refractivity contribution is 0.282. The van der Waals surface area contributed by atoms with Crippen LogP contribution in [0.3, 0.4) is 0 Å². The van der Waals surface area contributed by atoms with Crippen molar-refractivity contribution >= 4 is 10.0 Å². The second-order valence-electron chi connectivity index (χ2n) is 5.50. The van der Waals surface area contributed by atoms with Gasteiger partial charge in [-0.2, -0.15) is 0 Å². The zero-order valence-electron chi connectivity index (χ0n) is 13.0. The topological polar surface area (TPSA) is 66.4 Å². The molecule has 2 N–H and O–H groups in total. The Balaban J connectivity index is 2.56. The van der Waals surface area contributed by atoms with Gasteiger partial charge in [0.1, 0.15) is 0 Å². The zero-order valence-corrected chi connectivity index (χ0v) is 13.8.